The van der Waals surface area contributed by atoms with Crippen LogP contribution in [0.25, 0.3) is 0 Å². The van der Waals surface area contributed by atoms with Crippen molar-refractivity contribution >= 4 is 47.3 Å². The zero-order chi connectivity index (χ0) is 16.9. The van der Waals surface area contributed by atoms with Crippen molar-refractivity contribution in [2.45, 2.75) is 25.8 Å². The summed E-state index contributed by atoms with van der Waals surface area (Å²) in [5.41, 5.74) is 0.861. The quantitative estimate of drug-likeness (QED) is 0.767. The minimum atomic E-state index is 0. The number of aromatic nitrogens is 2. The molecule has 1 saturated heterocycles. The van der Waals surface area contributed by atoms with Crippen molar-refractivity contribution in [2.24, 2.45) is 5.92 Å². The average molecular weight is 404 g/mol. The first-order valence-electron chi connectivity index (χ1n) is 8.09. The van der Waals surface area contributed by atoms with Crippen LogP contribution in [0.2, 0.25) is 10.0 Å². The number of carbonyl (C=O) groups excluding carboxylic acids is 1. The van der Waals surface area contributed by atoms with Gasteiger partial charge in [-0.25, -0.2) is 4.68 Å². The van der Waals surface area contributed by atoms with Crippen LogP contribution in [0.1, 0.15) is 24.8 Å². The fraction of sp³-hybridized carbons (Fsp3) is 0.412. The zero-order valence-corrected chi connectivity index (χ0v) is 16.0. The summed E-state index contributed by atoms with van der Waals surface area (Å²) in [4.78, 5) is 12.2. The van der Waals surface area contributed by atoms with E-state index >= 15 is 0 Å². The Bertz CT molecular complexity index is 714. The maximum Gasteiger partial charge on any atom is 0.225 e. The number of nitrogens with one attached hydrogen (secondary N) is 2. The molecule has 0 saturated carbocycles. The first-order valence-corrected chi connectivity index (χ1v) is 8.84. The number of rotatable bonds is 6. The third-order valence-corrected chi connectivity index (χ3v) is 5.14. The van der Waals surface area contributed by atoms with Gasteiger partial charge in [0.2, 0.25) is 5.91 Å². The molecule has 1 atom stereocenters. The number of nitrogens with zero attached hydrogens (tertiary/aromatic N) is 2. The Morgan fingerprint density at radius 3 is 2.96 bits per heavy atom. The molecule has 2 aromatic rings. The number of benzene rings is 1. The molecule has 1 aromatic heterocycles. The average Bonchev–Trinajstić information content (AvgIpc) is 3.22. The summed E-state index contributed by atoms with van der Waals surface area (Å²) in [5, 5.41) is 11.5. The van der Waals surface area contributed by atoms with Gasteiger partial charge in [-0.1, -0.05) is 35.3 Å². The summed E-state index contributed by atoms with van der Waals surface area (Å²) < 4.78 is 1.71. The molecule has 0 spiro atoms. The van der Waals surface area contributed by atoms with Gasteiger partial charge in [0.15, 0.2) is 0 Å². The maximum atomic E-state index is 12.2. The molecule has 2 heterocycles. The SMILES string of the molecule is Cl.O=C(CCC1CCNC1)Nc1ccnn1Cc1cccc(Cl)c1Cl. The summed E-state index contributed by atoms with van der Waals surface area (Å²) in [6.07, 6.45) is 4.25. The van der Waals surface area contributed by atoms with Crippen LogP contribution in [0.5, 0.6) is 0 Å². The Kier molecular flexibility index (Phi) is 7.56. The molecule has 1 unspecified atom stereocenters. The molecular formula is C17H21Cl3N4O. The molecule has 1 aliphatic heterocycles. The molecule has 2 N–H and O–H groups in total. The summed E-state index contributed by atoms with van der Waals surface area (Å²) >= 11 is 12.3. The van der Waals surface area contributed by atoms with Gasteiger partial charge in [0, 0.05) is 12.5 Å². The molecule has 0 aliphatic carbocycles. The standard InChI is InChI=1S/C17H20Cl2N4O.ClH/c18-14-3-1-2-13(17(14)19)11-23-15(7-9-21-23)22-16(24)5-4-12-6-8-20-10-12;/h1-3,7,9,12,20H,4-6,8,10-11H2,(H,22,24);1H. The second-order valence-electron chi connectivity index (χ2n) is 6.03. The number of hydrogen-bond acceptors (Lipinski definition) is 3. The zero-order valence-electron chi connectivity index (χ0n) is 13.7. The molecule has 3 rings (SSSR count). The number of amides is 1. The molecule has 1 fully saturated rings. The Hall–Kier alpha value is -1.27. The summed E-state index contributed by atoms with van der Waals surface area (Å²) in [5.74, 6) is 1.28. The molecule has 25 heavy (non-hydrogen) atoms. The minimum absolute atomic E-state index is 0. The monoisotopic (exact) mass is 402 g/mol. The first-order chi connectivity index (χ1) is 11.6. The van der Waals surface area contributed by atoms with E-state index in [0.717, 1.165) is 31.5 Å². The molecule has 1 aliphatic rings. The molecule has 0 bridgehead atoms. The minimum Gasteiger partial charge on any atom is -0.316 e. The van der Waals surface area contributed by atoms with E-state index in [1.54, 1.807) is 23.0 Å². The van der Waals surface area contributed by atoms with Crippen LogP contribution in [0.4, 0.5) is 5.82 Å². The number of hydrogen-bond donors (Lipinski definition) is 2. The van der Waals surface area contributed by atoms with Crippen LogP contribution in [0.15, 0.2) is 30.5 Å². The van der Waals surface area contributed by atoms with E-state index in [4.69, 9.17) is 23.2 Å². The van der Waals surface area contributed by atoms with Gasteiger partial charge in [0.25, 0.3) is 0 Å². The van der Waals surface area contributed by atoms with Crippen molar-refractivity contribution < 1.29 is 4.79 Å². The lowest BCUT2D eigenvalue weighted by molar-refractivity contribution is -0.116. The van der Waals surface area contributed by atoms with Gasteiger partial charge >= 0.3 is 0 Å². The number of halogens is 3. The van der Waals surface area contributed by atoms with E-state index in [1.165, 1.54) is 0 Å². The molecule has 1 amide bonds. The van der Waals surface area contributed by atoms with E-state index in [2.05, 4.69) is 15.7 Å². The first kappa shape index (κ1) is 20.0. The van der Waals surface area contributed by atoms with Crippen molar-refractivity contribution in [3.63, 3.8) is 0 Å². The smallest absolute Gasteiger partial charge is 0.225 e. The van der Waals surface area contributed by atoms with Gasteiger partial charge in [0.05, 0.1) is 22.8 Å². The van der Waals surface area contributed by atoms with Crippen molar-refractivity contribution in [1.82, 2.24) is 15.1 Å². The van der Waals surface area contributed by atoms with E-state index in [1.807, 2.05) is 12.1 Å². The molecule has 5 nitrogen and oxygen atoms in total. The second kappa shape index (κ2) is 9.43. The van der Waals surface area contributed by atoms with Crippen molar-refractivity contribution in [3.8, 4) is 0 Å². The van der Waals surface area contributed by atoms with E-state index in [-0.39, 0.29) is 18.3 Å². The van der Waals surface area contributed by atoms with Gasteiger partial charge in [-0.2, -0.15) is 5.10 Å². The Labute approximate surface area is 163 Å². The highest BCUT2D eigenvalue weighted by molar-refractivity contribution is 6.42. The Morgan fingerprint density at radius 1 is 1.36 bits per heavy atom. The largest absolute Gasteiger partial charge is 0.316 e. The fourth-order valence-electron chi connectivity index (χ4n) is 2.90. The lowest BCUT2D eigenvalue weighted by Gasteiger charge is -2.12. The van der Waals surface area contributed by atoms with Gasteiger partial charge in [-0.3, -0.25) is 4.79 Å². The summed E-state index contributed by atoms with van der Waals surface area (Å²) in [6, 6.07) is 7.28. The van der Waals surface area contributed by atoms with Crippen LogP contribution in [-0.4, -0.2) is 28.8 Å². The molecule has 0 radical (unpaired) electrons. The molecular weight excluding hydrogens is 383 g/mol. The van der Waals surface area contributed by atoms with Gasteiger partial charge < -0.3 is 10.6 Å². The maximum absolute atomic E-state index is 12.2. The normalized spacial score (nSPS) is 16.5. The topological polar surface area (TPSA) is 59.0 Å². The van der Waals surface area contributed by atoms with E-state index in [9.17, 15) is 4.79 Å². The van der Waals surface area contributed by atoms with Crippen molar-refractivity contribution in [2.75, 3.05) is 18.4 Å². The molecule has 136 valence electrons. The third-order valence-electron chi connectivity index (χ3n) is 4.28. The van der Waals surface area contributed by atoms with Crippen LogP contribution in [-0.2, 0) is 11.3 Å². The van der Waals surface area contributed by atoms with E-state index in [0.29, 0.717) is 34.7 Å². The Morgan fingerprint density at radius 2 is 2.20 bits per heavy atom. The number of anilines is 1. The lowest BCUT2D eigenvalue weighted by atomic mass is 10.0. The van der Waals surface area contributed by atoms with Crippen molar-refractivity contribution in [3.05, 3.63) is 46.1 Å². The summed E-state index contributed by atoms with van der Waals surface area (Å²) in [6.45, 7) is 2.52. The molecule has 1 aromatic carbocycles. The number of carbonyl (C=O) groups is 1. The highest BCUT2D eigenvalue weighted by atomic mass is 35.5. The van der Waals surface area contributed by atoms with Crippen LogP contribution in [0, 0.1) is 5.92 Å². The van der Waals surface area contributed by atoms with Gasteiger partial charge in [-0.15, -0.1) is 12.4 Å². The third kappa shape index (κ3) is 5.35. The second-order valence-corrected chi connectivity index (χ2v) is 6.82. The predicted octanol–water partition coefficient (Wildman–Crippen LogP) is 3.99. The van der Waals surface area contributed by atoms with Gasteiger partial charge in [-0.05, 0) is 43.5 Å². The molecule has 8 heteroatoms. The van der Waals surface area contributed by atoms with Gasteiger partial charge in [0.1, 0.15) is 5.82 Å². The fourth-order valence-corrected chi connectivity index (χ4v) is 3.28. The van der Waals surface area contributed by atoms with Crippen molar-refractivity contribution in [1.29, 1.82) is 0 Å². The van der Waals surface area contributed by atoms with Crippen LogP contribution >= 0.6 is 35.6 Å². The Balaban J connectivity index is 0.00000225. The lowest BCUT2D eigenvalue weighted by Crippen LogP contribution is -2.17. The van der Waals surface area contributed by atoms with E-state index < -0.39 is 0 Å². The summed E-state index contributed by atoms with van der Waals surface area (Å²) in [7, 11) is 0. The van der Waals surface area contributed by atoms with Crippen LogP contribution < -0.4 is 10.6 Å². The highest BCUT2D eigenvalue weighted by Crippen LogP contribution is 2.26. The highest BCUT2D eigenvalue weighted by Gasteiger charge is 2.16. The van der Waals surface area contributed by atoms with Crippen LogP contribution in [0.3, 0.4) is 0 Å². The predicted molar refractivity (Wildman–Crippen MR) is 104 cm³/mol.